The lowest BCUT2D eigenvalue weighted by Gasteiger charge is -2.28. The summed E-state index contributed by atoms with van der Waals surface area (Å²) in [5.41, 5.74) is 2.20. The van der Waals surface area contributed by atoms with E-state index in [-0.39, 0.29) is 0 Å². The number of nitrogens with one attached hydrogen (secondary N) is 1. The first-order valence-corrected chi connectivity index (χ1v) is 8.16. The number of halogens is 1. The molecule has 1 aliphatic rings. The molecule has 1 aromatic heterocycles. The topological polar surface area (TPSA) is 33.1 Å². The fourth-order valence-electron chi connectivity index (χ4n) is 2.90. The Morgan fingerprint density at radius 3 is 2.75 bits per heavy atom. The minimum Gasteiger partial charge on any atom is -0.313 e. The monoisotopic (exact) mass is 298 g/mol. The van der Waals surface area contributed by atoms with Gasteiger partial charge in [-0.05, 0) is 40.2 Å². The third-order valence-corrected chi connectivity index (χ3v) is 4.67. The minimum atomic E-state index is 0.530. The molecule has 2 rings (SSSR count). The van der Waals surface area contributed by atoms with Crippen molar-refractivity contribution in [2.24, 2.45) is 0 Å². The SMILES string of the molecule is CCc1nn(CC)c(CN2CC(C)NCCC2C)c1Cl. The summed E-state index contributed by atoms with van der Waals surface area (Å²) < 4.78 is 2.07. The van der Waals surface area contributed by atoms with E-state index in [1.54, 1.807) is 0 Å². The summed E-state index contributed by atoms with van der Waals surface area (Å²) in [7, 11) is 0. The van der Waals surface area contributed by atoms with Gasteiger partial charge < -0.3 is 5.32 Å². The Hall–Kier alpha value is -0.580. The highest BCUT2D eigenvalue weighted by atomic mass is 35.5. The van der Waals surface area contributed by atoms with Gasteiger partial charge in [0.15, 0.2) is 0 Å². The van der Waals surface area contributed by atoms with Crippen LogP contribution in [0, 0.1) is 0 Å². The van der Waals surface area contributed by atoms with Crippen LogP contribution in [0.2, 0.25) is 5.02 Å². The van der Waals surface area contributed by atoms with Gasteiger partial charge in [0.25, 0.3) is 0 Å². The van der Waals surface area contributed by atoms with Crippen LogP contribution in [0.25, 0.3) is 0 Å². The molecule has 1 aromatic rings. The minimum absolute atomic E-state index is 0.530. The number of hydrogen-bond donors (Lipinski definition) is 1. The van der Waals surface area contributed by atoms with Gasteiger partial charge in [-0.15, -0.1) is 0 Å². The van der Waals surface area contributed by atoms with Crippen molar-refractivity contribution in [3.63, 3.8) is 0 Å². The Kier molecular flexibility index (Phi) is 5.47. The summed E-state index contributed by atoms with van der Waals surface area (Å²) in [6.45, 7) is 12.7. The average molecular weight is 299 g/mol. The molecule has 1 saturated heterocycles. The summed E-state index contributed by atoms with van der Waals surface area (Å²) in [6, 6.07) is 1.11. The lowest BCUT2D eigenvalue weighted by Crippen LogP contribution is -2.38. The van der Waals surface area contributed by atoms with Crippen molar-refractivity contribution >= 4 is 11.6 Å². The lowest BCUT2D eigenvalue weighted by molar-refractivity contribution is 0.193. The molecule has 4 nitrogen and oxygen atoms in total. The van der Waals surface area contributed by atoms with Gasteiger partial charge >= 0.3 is 0 Å². The van der Waals surface area contributed by atoms with Gasteiger partial charge in [-0.2, -0.15) is 5.10 Å². The van der Waals surface area contributed by atoms with Gasteiger partial charge in [0, 0.05) is 31.7 Å². The van der Waals surface area contributed by atoms with E-state index in [9.17, 15) is 0 Å². The predicted molar refractivity (Wildman–Crippen MR) is 84.2 cm³/mol. The van der Waals surface area contributed by atoms with Crippen molar-refractivity contribution in [1.29, 1.82) is 0 Å². The highest BCUT2D eigenvalue weighted by molar-refractivity contribution is 6.31. The van der Waals surface area contributed by atoms with E-state index in [2.05, 4.69) is 47.7 Å². The first-order chi connectivity index (χ1) is 9.56. The molecule has 114 valence electrons. The van der Waals surface area contributed by atoms with E-state index in [0.717, 1.165) is 43.3 Å². The van der Waals surface area contributed by atoms with Gasteiger partial charge in [-0.1, -0.05) is 18.5 Å². The summed E-state index contributed by atoms with van der Waals surface area (Å²) in [4.78, 5) is 2.53. The first kappa shape index (κ1) is 15.8. The van der Waals surface area contributed by atoms with Gasteiger partial charge in [-0.3, -0.25) is 9.58 Å². The summed E-state index contributed by atoms with van der Waals surface area (Å²) in [5, 5.41) is 9.04. The van der Waals surface area contributed by atoms with Crippen LogP contribution >= 0.6 is 11.6 Å². The normalized spacial score (nSPS) is 24.9. The largest absolute Gasteiger partial charge is 0.313 e. The molecule has 1 aliphatic heterocycles. The zero-order valence-corrected chi connectivity index (χ0v) is 13.9. The lowest BCUT2D eigenvalue weighted by atomic mass is 10.2. The molecule has 0 amide bonds. The van der Waals surface area contributed by atoms with E-state index in [4.69, 9.17) is 11.6 Å². The van der Waals surface area contributed by atoms with Crippen LogP contribution in [-0.2, 0) is 19.5 Å². The molecule has 0 aromatic carbocycles. The molecule has 1 N–H and O–H groups in total. The molecule has 0 saturated carbocycles. The molecule has 1 fully saturated rings. The van der Waals surface area contributed by atoms with Gasteiger partial charge in [0.1, 0.15) is 0 Å². The van der Waals surface area contributed by atoms with E-state index < -0.39 is 0 Å². The van der Waals surface area contributed by atoms with Crippen molar-refractivity contribution in [3.8, 4) is 0 Å². The van der Waals surface area contributed by atoms with E-state index in [1.165, 1.54) is 12.1 Å². The quantitative estimate of drug-likeness (QED) is 0.928. The third kappa shape index (κ3) is 3.35. The zero-order valence-electron chi connectivity index (χ0n) is 13.1. The molecule has 0 aliphatic carbocycles. The number of hydrogen-bond acceptors (Lipinski definition) is 3. The van der Waals surface area contributed by atoms with Gasteiger partial charge in [-0.25, -0.2) is 0 Å². The molecule has 5 heteroatoms. The molecule has 0 bridgehead atoms. The fourth-order valence-corrected chi connectivity index (χ4v) is 3.23. The highest BCUT2D eigenvalue weighted by Gasteiger charge is 2.24. The second-order valence-corrected chi connectivity index (χ2v) is 6.18. The van der Waals surface area contributed by atoms with Crippen LogP contribution in [0.1, 0.15) is 45.5 Å². The van der Waals surface area contributed by atoms with Crippen LogP contribution in [-0.4, -0.2) is 39.9 Å². The summed E-state index contributed by atoms with van der Waals surface area (Å²) in [6.07, 6.45) is 2.08. The summed E-state index contributed by atoms with van der Waals surface area (Å²) >= 11 is 6.53. The second-order valence-electron chi connectivity index (χ2n) is 5.80. The zero-order chi connectivity index (χ0) is 14.7. The van der Waals surface area contributed by atoms with Gasteiger partial charge in [0.2, 0.25) is 0 Å². The smallest absolute Gasteiger partial charge is 0.0863 e. The Balaban J connectivity index is 2.21. The average Bonchev–Trinajstić information content (AvgIpc) is 2.64. The maximum absolute atomic E-state index is 6.53. The molecule has 2 heterocycles. The summed E-state index contributed by atoms with van der Waals surface area (Å²) in [5.74, 6) is 0. The van der Waals surface area contributed by atoms with Crippen molar-refractivity contribution in [1.82, 2.24) is 20.0 Å². The molecule has 20 heavy (non-hydrogen) atoms. The standard InChI is InChI=1S/C15H27ClN4/c1-5-13-15(16)14(20(6-2)18-13)10-19-9-11(3)17-8-7-12(19)4/h11-12,17H,5-10H2,1-4H3. The number of rotatable bonds is 4. The molecule has 2 atom stereocenters. The predicted octanol–water partition coefficient (Wildman–Crippen LogP) is 2.69. The Labute approximate surface area is 127 Å². The maximum atomic E-state index is 6.53. The van der Waals surface area contributed by atoms with Crippen LogP contribution in [0.5, 0.6) is 0 Å². The van der Waals surface area contributed by atoms with Crippen molar-refractivity contribution < 1.29 is 0 Å². The van der Waals surface area contributed by atoms with Crippen LogP contribution in [0.3, 0.4) is 0 Å². The number of aromatic nitrogens is 2. The molecular weight excluding hydrogens is 272 g/mol. The van der Waals surface area contributed by atoms with Gasteiger partial charge in [0.05, 0.1) is 16.4 Å². The third-order valence-electron chi connectivity index (χ3n) is 4.23. The van der Waals surface area contributed by atoms with E-state index in [1.807, 2.05) is 0 Å². The maximum Gasteiger partial charge on any atom is 0.0863 e. The second kappa shape index (κ2) is 6.92. The molecule has 0 radical (unpaired) electrons. The number of nitrogens with zero attached hydrogens (tertiary/aromatic N) is 3. The number of aryl methyl sites for hydroxylation is 2. The first-order valence-electron chi connectivity index (χ1n) is 7.78. The van der Waals surface area contributed by atoms with E-state index >= 15 is 0 Å². The molecule has 2 unspecified atom stereocenters. The Morgan fingerprint density at radius 2 is 2.10 bits per heavy atom. The van der Waals surface area contributed by atoms with Crippen molar-refractivity contribution in [2.45, 2.75) is 65.7 Å². The Bertz CT molecular complexity index is 443. The van der Waals surface area contributed by atoms with Crippen molar-refractivity contribution in [3.05, 3.63) is 16.4 Å². The molecule has 0 spiro atoms. The fraction of sp³-hybridized carbons (Fsp3) is 0.800. The molecular formula is C15H27ClN4. The van der Waals surface area contributed by atoms with Crippen LogP contribution < -0.4 is 5.32 Å². The van der Waals surface area contributed by atoms with Crippen LogP contribution in [0.15, 0.2) is 0 Å². The van der Waals surface area contributed by atoms with Crippen molar-refractivity contribution in [2.75, 3.05) is 13.1 Å². The van der Waals surface area contributed by atoms with Crippen LogP contribution in [0.4, 0.5) is 0 Å². The highest BCUT2D eigenvalue weighted by Crippen LogP contribution is 2.24. The Morgan fingerprint density at radius 1 is 1.35 bits per heavy atom. The van der Waals surface area contributed by atoms with E-state index in [0.29, 0.717) is 12.1 Å².